The van der Waals surface area contributed by atoms with Gasteiger partial charge in [0.25, 0.3) is 0 Å². The van der Waals surface area contributed by atoms with Gasteiger partial charge in [-0.3, -0.25) is 0 Å². The second-order valence-electron chi connectivity index (χ2n) is 3.66. The SMILES string of the molecule is CCOC(=O)C(O)/C=C/c1cc(OC)ccc1OC. The molecule has 1 aromatic carbocycles. The minimum atomic E-state index is -1.30. The van der Waals surface area contributed by atoms with Gasteiger partial charge in [0.1, 0.15) is 11.5 Å². The molecule has 0 bridgehead atoms. The molecule has 1 atom stereocenters. The highest BCUT2D eigenvalue weighted by Crippen LogP contribution is 2.25. The lowest BCUT2D eigenvalue weighted by Gasteiger charge is -2.08. The summed E-state index contributed by atoms with van der Waals surface area (Å²) in [5, 5.41) is 9.57. The highest BCUT2D eigenvalue weighted by atomic mass is 16.5. The van der Waals surface area contributed by atoms with Crippen molar-refractivity contribution in [2.75, 3.05) is 20.8 Å². The standard InChI is InChI=1S/C14H18O5/c1-4-19-14(16)12(15)7-5-10-9-11(17-2)6-8-13(10)18-3/h5-9,12,15H,4H2,1-3H3/b7-5+. The van der Waals surface area contributed by atoms with Crippen LogP contribution in [0.15, 0.2) is 24.3 Å². The van der Waals surface area contributed by atoms with Gasteiger partial charge in [-0.15, -0.1) is 0 Å². The number of benzene rings is 1. The van der Waals surface area contributed by atoms with Crippen molar-refractivity contribution >= 4 is 12.0 Å². The Morgan fingerprint density at radius 2 is 2.11 bits per heavy atom. The Morgan fingerprint density at radius 3 is 2.68 bits per heavy atom. The normalized spacial score (nSPS) is 12.2. The van der Waals surface area contributed by atoms with Crippen LogP contribution in [0.2, 0.25) is 0 Å². The Labute approximate surface area is 112 Å². The van der Waals surface area contributed by atoms with Crippen LogP contribution in [0.1, 0.15) is 12.5 Å². The lowest BCUT2D eigenvalue weighted by atomic mass is 10.1. The van der Waals surface area contributed by atoms with Gasteiger partial charge in [0.05, 0.1) is 20.8 Å². The fourth-order valence-corrected chi connectivity index (χ4v) is 1.47. The summed E-state index contributed by atoms with van der Waals surface area (Å²) in [5.41, 5.74) is 0.699. The number of aliphatic hydroxyl groups excluding tert-OH is 1. The third-order valence-electron chi connectivity index (χ3n) is 2.42. The summed E-state index contributed by atoms with van der Waals surface area (Å²) in [4.78, 5) is 11.3. The third-order valence-corrected chi connectivity index (χ3v) is 2.42. The van der Waals surface area contributed by atoms with Crippen molar-refractivity contribution in [2.24, 2.45) is 0 Å². The largest absolute Gasteiger partial charge is 0.497 e. The molecule has 1 unspecified atom stereocenters. The zero-order valence-electron chi connectivity index (χ0n) is 11.3. The van der Waals surface area contributed by atoms with Gasteiger partial charge in [-0.1, -0.05) is 6.08 Å². The predicted molar refractivity (Wildman–Crippen MR) is 71.2 cm³/mol. The maximum atomic E-state index is 11.3. The number of hydrogen-bond acceptors (Lipinski definition) is 5. The van der Waals surface area contributed by atoms with Gasteiger partial charge in [0, 0.05) is 5.56 Å². The van der Waals surface area contributed by atoms with E-state index in [1.165, 1.54) is 6.08 Å². The Hall–Kier alpha value is -2.01. The average molecular weight is 266 g/mol. The predicted octanol–water partition coefficient (Wildman–Crippen LogP) is 1.64. The van der Waals surface area contributed by atoms with Gasteiger partial charge in [-0.2, -0.15) is 0 Å². The Morgan fingerprint density at radius 1 is 1.37 bits per heavy atom. The molecular weight excluding hydrogens is 248 g/mol. The van der Waals surface area contributed by atoms with Crippen molar-refractivity contribution in [3.8, 4) is 11.5 Å². The third kappa shape index (κ3) is 4.30. The summed E-state index contributed by atoms with van der Waals surface area (Å²) in [7, 11) is 3.10. The summed E-state index contributed by atoms with van der Waals surface area (Å²) in [6, 6.07) is 5.25. The van der Waals surface area contributed by atoms with E-state index in [1.54, 1.807) is 45.4 Å². The van der Waals surface area contributed by atoms with Crippen molar-refractivity contribution in [2.45, 2.75) is 13.0 Å². The van der Waals surface area contributed by atoms with Crippen LogP contribution in [0.3, 0.4) is 0 Å². The summed E-state index contributed by atoms with van der Waals surface area (Å²) >= 11 is 0. The van der Waals surface area contributed by atoms with Gasteiger partial charge in [0.2, 0.25) is 0 Å². The molecule has 0 amide bonds. The van der Waals surface area contributed by atoms with Crippen LogP contribution in [-0.2, 0) is 9.53 Å². The summed E-state index contributed by atoms with van der Waals surface area (Å²) < 4.78 is 15.0. The average Bonchev–Trinajstić information content (AvgIpc) is 2.44. The Bertz CT molecular complexity index is 453. The molecule has 5 heteroatoms. The number of carbonyl (C=O) groups is 1. The van der Waals surface area contributed by atoms with Crippen LogP contribution in [0.4, 0.5) is 0 Å². The lowest BCUT2D eigenvalue weighted by molar-refractivity contribution is -0.150. The first kappa shape index (κ1) is 15.0. The van der Waals surface area contributed by atoms with E-state index in [2.05, 4.69) is 0 Å². The van der Waals surface area contributed by atoms with Gasteiger partial charge >= 0.3 is 5.97 Å². The van der Waals surface area contributed by atoms with Crippen molar-refractivity contribution in [1.29, 1.82) is 0 Å². The second kappa shape index (κ2) is 7.43. The molecule has 0 aliphatic rings. The Kier molecular flexibility index (Phi) is 5.89. The molecule has 1 aromatic rings. The lowest BCUT2D eigenvalue weighted by Crippen LogP contribution is -2.20. The first-order chi connectivity index (χ1) is 9.12. The molecule has 1 rings (SSSR count). The highest BCUT2D eigenvalue weighted by Gasteiger charge is 2.12. The number of rotatable bonds is 6. The summed E-state index contributed by atoms with van der Waals surface area (Å²) in [6.45, 7) is 1.91. The molecule has 0 heterocycles. The van der Waals surface area contributed by atoms with E-state index in [1.807, 2.05) is 0 Å². The molecule has 1 N–H and O–H groups in total. The molecule has 0 radical (unpaired) electrons. The smallest absolute Gasteiger partial charge is 0.339 e. The monoisotopic (exact) mass is 266 g/mol. The van der Waals surface area contributed by atoms with Crippen molar-refractivity contribution in [3.63, 3.8) is 0 Å². The molecular formula is C14H18O5. The number of methoxy groups -OCH3 is 2. The van der Waals surface area contributed by atoms with Crippen LogP contribution < -0.4 is 9.47 Å². The molecule has 0 spiro atoms. The second-order valence-corrected chi connectivity index (χ2v) is 3.66. The van der Waals surface area contributed by atoms with E-state index in [4.69, 9.17) is 14.2 Å². The molecule has 104 valence electrons. The van der Waals surface area contributed by atoms with E-state index < -0.39 is 12.1 Å². The fourth-order valence-electron chi connectivity index (χ4n) is 1.47. The molecule has 0 aliphatic heterocycles. The molecule has 19 heavy (non-hydrogen) atoms. The molecule has 0 aliphatic carbocycles. The molecule has 0 aromatic heterocycles. The number of ether oxygens (including phenoxy) is 3. The first-order valence-corrected chi connectivity index (χ1v) is 5.87. The fraction of sp³-hybridized carbons (Fsp3) is 0.357. The van der Waals surface area contributed by atoms with Crippen LogP contribution in [-0.4, -0.2) is 38.0 Å². The van der Waals surface area contributed by atoms with Gasteiger partial charge in [-0.05, 0) is 31.2 Å². The number of aliphatic hydroxyl groups is 1. The van der Waals surface area contributed by atoms with Crippen LogP contribution in [0.5, 0.6) is 11.5 Å². The Balaban J connectivity index is 2.87. The topological polar surface area (TPSA) is 65.0 Å². The molecule has 0 saturated carbocycles. The minimum absolute atomic E-state index is 0.228. The number of carbonyl (C=O) groups excluding carboxylic acids is 1. The first-order valence-electron chi connectivity index (χ1n) is 5.87. The number of esters is 1. The van der Waals surface area contributed by atoms with E-state index in [-0.39, 0.29) is 6.61 Å². The summed E-state index contributed by atoms with van der Waals surface area (Å²) in [5.74, 6) is 0.597. The van der Waals surface area contributed by atoms with E-state index in [9.17, 15) is 9.90 Å². The van der Waals surface area contributed by atoms with Crippen molar-refractivity contribution in [1.82, 2.24) is 0 Å². The quantitative estimate of drug-likeness (QED) is 0.793. The summed E-state index contributed by atoms with van der Waals surface area (Å²) in [6.07, 6.45) is 1.63. The maximum Gasteiger partial charge on any atom is 0.339 e. The van der Waals surface area contributed by atoms with E-state index >= 15 is 0 Å². The van der Waals surface area contributed by atoms with Crippen LogP contribution >= 0.6 is 0 Å². The molecule has 5 nitrogen and oxygen atoms in total. The zero-order valence-corrected chi connectivity index (χ0v) is 11.3. The van der Waals surface area contributed by atoms with E-state index in [0.29, 0.717) is 17.1 Å². The van der Waals surface area contributed by atoms with Crippen LogP contribution in [0.25, 0.3) is 6.08 Å². The zero-order chi connectivity index (χ0) is 14.3. The van der Waals surface area contributed by atoms with E-state index in [0.717, 1.165) is 0 Å². The van der Waals surface area contributed by atoms with Gasteiger partial charge < -0.3 is 19.3 Å². The number of hydrogen-bond donors (Lipinski definition) is 1. The van der Waals surface area contributed by atoms with Gasteiger partial charge in [-0.25, -0.2) is 4.79 Å². The van der Waals surface area contributed by atoms with Crippen molar-refractivity contribution < 1.29 is 24.1 Å². The van der Waals surface area contributed by atoms with Crippen LogP contribution in [0, 0.1) is 0 Å². The molecule has 0 fully saturated rings. The van der Waals surface area contributed by atoms with Gasteiger partial charge in [0.15, 0.2) is 6.10 Å². The highest BCUT2D eigenvalue weighted by molar-refractivity contribution is 5.78. The molecule has 0 saturated heterocycles. The maximum absolute atomic E-state index is 11.3. The minimum Gasteiger partial charge on any atom is -0.497 e. The van der Waals surface area contributed by atoms with Crippen molar-refractivity contribution in [3.05, 3.63) is 29.8 Å².